The third-order valence-electron chi connectivity index (χ3n) is 3.00. The molecule has 0 bridgehead atoms. The monoisotopic (exact) mass is 330 g/mol. The normalized spacial score (nSPS) is 10.1. The predicted molar refractivity (Wildman–Crippen MR) is 83.4 cm³/mol. The minimum absolute atomic E-state index is 0.0826. The average molecular weight is 331 g/mol. The molecule has 0 saturated carbocycles. The van der Waals surface area contributed by atoms with Crippen molar-refractivity contribution in [3.05, 3.63) is 64.1 Å². The van der Waals surface area contributed by atoms with Crippen LogP contribution in [0.3, 0.4) is 0 Å². The Balaban J connectivity index is 2.27. The van der Waals surface area contributed by atoms with Crippen molar-refractivity contribution in [3.63, 3.8) is 0 Å². The molecule has 0 atom stereocenters. The maximum atomic E-state index is 9.26. The lowest BCUT2D eigenvalue weighted by atomic mass is 10.1. The van der Waals surface area contributed by atoms with Gasteiger partial charge in [-0.1, -0.05) is 30.3 Å². The van der Waals surface area contributed by atoms with Gasteiger partial charge in [0.2, 0.25) is 0 Å². The lowest BCUT2D eigenvalue weighted by molar-refractivity contribution is 0.301. The highest BCUT2D eigenvalue weighted by Crippen LogP contribution is 2.28. The lowest BCUT2D eigenvalue weighted by Gasteiger charge is -2.25. The van der Waals surface area contributed by atoms with E-state index in [-0.39, 0.29) is 6.61 Å². The van der Waals surface area contributed by atoms with Crippen LogP contribution in [0.5, 0.6) is 0 Å². The standard InChI is InChI=1S/C16H15BrN2O/c17-15-10-14(11-18)6-7-16(15)19(8-9-20)12-13-4-2-1-3-5-13/h1-7,10,20H,8-9,12H2. The number of halogens is 1. The third kappa shape index (κ3) is 3.60. The fourth-order valence-corrected chi connectivity index (χ4v) is 2.67. The number of nitriles is 1. The molecule has 0 unspecified atom stereocenters. The van der Waals surface area contributed by atoms with Gasteiger partial charge in [-0.05, 0) is 39.7 Å². The molecule has 0 aromatic heterocycles. The van der Waals surface area contributed by atoms with Gasteiger partial charge >= 0.3 is 0 Å². The molecule has 0 amide bonds. The van der Waals surface area contributed by atoms with Crippen LogP contribution in [0, 0.1) is 11.3 Å². The summed E-state index contributed by atoms with van der Waals surface area (Å²) in [5.41, 5.74) is 2.77. The van der Waals surface area contributed by atoms with E-state index in [4.69, 9.17) is 5.26 Å². The van der Waals surface area contributed by atoms with Gasteiger partial charge in [0.25, 0.3) is 0 Å². The van der Waals surface area contributed by atoms with Crippen molar-refractivity contribution in [2.24, 2.45) is 0 Å². The maximum Gasteiger partial charge on any atom is 0.0992 e. The van der Waals surface area contributed by atoms with Crippen LogP contribution in [0.15, 0.2) is 53.0 Å². The number of nitrogens with zero attached hydrogens (tertiary/aromatic N) is 2. The number of rotatable bonds is 5. The molecular formula is C16H15BrN2O. The highest BCUT2D eigenvalue weighted by molar-refractivity contribution is 9.10. The van der Waals surface area contributed by atoms with E-state index in [0.717, 1.165) is 10.2 Å². The average Bonchev–Trinajstić information content (AvgIpc) is 2.48. The Kier molecular flexibility index (Phi) is 5.16. The van der Waals surface area contributed by atoms with Crippen LogP contribution in [0.25, 0.3) is 0 Å². The van der Waals surface area contributed by atoms with E-state index in [1.54, 1.807) is 12.1 Å². The van der Waals surface area contributed by atoms with Crippen LogP contribution in [-0.2, 0) is 6.54 Å². The Morgan fingerprint density at radius 2 is 1.90 bits per heavy atom. The van der Waals surface area contributed by atoms with Crippen LogP contribution in [0.1, 0.15) is 11.1 Å². The minimum Gasteiger partial charge on any atom is -0.395 e. The fraction of sp³-hybridized carbons (Fsp3) is 0.188. The highest BCUT2D eigenvalue weighted by Gasteiger charge is 2.11. The Bertz CT molecular complexity index is 608. The second kappa shape index (κ2) is 7.09. The van der Waals surface area contributed by atoms with E-state index < -0.39 is 0 Å². The summed E-state index contributed by atoms with van der Waals surface area (Å²) in [6, 6.07) is 17.7. The molecule has 102 valence electrons. The van der Waals surface area contributed by atoms with Crippen LogP contribution in [-0.4, -0.2) is 18.3 Å². The summed E-state index contributed by atoms with van der Waals surface area (Å²) in [5.74, 6) is 0. The van der Waals surface area contributed by atoms with Crippen LogP contribution in [0.2, 0.25) is 0 Å². The van der Waals surface area contributed by atoms with Gasteiger partial charge in [-0.15, -0.1) is 0 Å². The number of benzene rings is 2. The van der Waals surface area contributed by atoms with Crippen molar-refractivity contribution in [2.75, 3.05) is 18.1 Å². The zero-order valence-electron chi connectivity index (χ0n) is 11.0. The highest BCUT2D eigenvalue weighted by atomic mass is 79.9. The summed E-state index contributed by atoms with van der Waals surface area (Å²) >= 11 is 3.50. The molecule has 1 N–H and O–H groups in total. The molecule has 2 aromatic rings. The topological polar surface area (TPSA) is 47.3 Å². The van der Waals surface area contributed by atoms with Crippen molar-refractivity contribution >= 4 is 21.6 Å². The molecule has 2 aromatic carbocycles. The van der Waals surface area contributed by atoms with Gasteiger partial charge in [-0.25, -0.2) is 0 Å². The molecule has 4 heteroatoms. The summed E-state index contributed by atoms with van der Waals surface area (Å²) in [7, 11) is 0. The summed E-state index contributed by atoms with van der Waals surface area (Å²) in [6.07, 6.45) is 0. The van der Waals surface area contributed by atoms with E-state index in [1.165, 1.54) is 5.56 Å². The number of hydrogen-bond donors (Lipinski definition) is 1. The Hall–Kier alpha value is -1.83. The molecule has 2 rings (SSSR count). The van der Waals surface area contributed by atoms with Crippen molar-refractivity contribution in [2.45, 2.75) is 6.54 Å². The number of aliphatic hydroxyl groups excluding tert-OH is 1. The first-order valence-corrected chi connectivity index (χ1v) is 7.13. The van der Waals surface area contributed by atoms with Crippen LogP contribution in [0.4, 0.5) is 5.69 Å². The predicted octanol–water partition coefficient (Wildman–Crippen LogP) is 3.32. The van der Waals surface area contributed by atoms with E-state index >= 15 is 0 Å². The molecule has 0 aliphatic rings. The van der Waals surface area contributed by atoms with Crippen molar-refractivity contribution < 1.29 is 5.11 Å². The van der Waals surface area contributed by atoms with Gasteiger partial charge < -0.3 is 10.0 Å². The summed E-state index contributed by atoms with van der Waals surface area (Å²) in [4.78, 5) is 2.08. The van der Waals surface area contributed by atoms with Gasteiger partial charge in [0.05, 0.1) is 23.9 Å². The Morgan fingerprint density at radius 3 is 2.50 bits per heavy atom. The second-order valence-corrected chi connectivity index (χ2v) is 5.26. The molecule has 20 heavy (non-hydrogen) atoms. The summed E-state index contributed by atoms with van der Waals surface area (Å²) in [5, 5.41) is 18.2. The minimum atomic E-state index is 0.0826. The Labute approximate surface area is 127 Å². The molecule has 0 aliphatic carbocycles. The molecule has 3 nitrogen and oxygen atoms in total. The quantitative estimate of drug-likeness (QED) is 0.914. The summed E-state index contributed by atoms with van der Waals surface area (Å²) < 4.78 is 0.862. The maximum absolute atomic E-state index is 9.26. The first kappa shape index (κ1) is 14.6. The van der Waals surface area contributed by atoms with Gasteiger partial charge in [-0.2, -0.15) is 5.26 Å². The molecule has 0 heterocycles. The SMILES string of the molecule is N#Cc1ccc(N(CCO)Cc2ccccc2)c(Br)c1. The third-order valence-corrected chi connectivity index (χ3v) is 3.64. The van der Waals surface area contributed by atoms with E-state index in [1.807, 2.05) is 24.3 Å². The number of hydrogen-bond acceptors (Lipinski definition) is 3. The molecule has 0 aliphatic heterocycles. The van der Waals surface area contributed by atoms with Crippen molar-refractivity contribution in [3.8, 4) is 6.07 Å². The molecule has 0 radical (unpaired) electrons. The number of aliphatic hydroxyl groups is 1. The zero-order valence-corrected chi connectivity index (χ0v) is 12.5. The summed E-state index contributed by atoms with van der Waals surface area (Å²) in [6.45, 7) is 1.34. The number of anilines is 1. The zero-order chi connectivity index (χ0) is 14.4. The second-order valence-electron chi connectivity index (χ2n) is 4.41. The first-order valence-electron chi connectivity index (χ1n) is 6.34. The van der Waals surface area contributed by atoms with Gasteiger partial charge in [0, 0.05) is 17.6 Å². The first-order chi connectivity index (χ1) is 9.74. The molecule has 0 spiro atoms. The van der Waals surface area contributed by atoms with Crippen LogP contribution < -0.4 is 4.90 Å². The van der Waals surface area contributed by atoms with Crippen LogP contribution >= 0.6 is 15.9 Å². The van der Waals surface area contributed by atoms with E-state index in [9.17, 15) is 5.11 Å². The van der Waals surface area contributed by atoms with Crippen molar-refractivity contribution in [1.82, 2.24) is 0 Å². The molecule has 0 saturated heterocycles. The smallest absolute Gasteiger partial charge is 0.0992 e. The van der Waals surface area contributed by atoms with E-state index in [0.29, 0.717) is 18.7 Å². The van der Waals surface area contributed by atoms with Crippen molar-refractivity contribution in [1.29, 1.82) is 5.26 Å². The molecule has 0 fully saturated rings. The fourth-order valence-electron chi connectivity index (χ4n) is 2.04. The molecular weight excluding hydrogens is 316 g/mol. The van der Waals surface area contributed by atoms with Gasteiger partial charge in [0.15, 0.2) is 0 Å². The van der Waals surface area contributed by atoms with Gasteiger partial charge in [0.1, 0.15) is 0 Å². The van der Waals surface area contributed by atoms with E-state index in [2.05, 4.69) is 39.0 Å². The largest absolute Gasteiger partial charge is 0.395 e. The Morgan fingerprint density at radius 1 is 1.15 bits per heavy atom. The van der Waals surface area contributed by atoms with Gasteiger partial charge in [-0.3, -0.25) is 0 Å². The lowest BCUT2D eigenvalue weighted by Crippen LogP contribution is -2.26.